The number of methoxy groups -OCH3 is 2. The van der Waals surface area contributed by atoms with Gasteiger partial charge in [0.1, 0.15) is 23.1 Å². The van der Waals surface area contributed by atoms with Crippen LogP contribution in [0.1, 0.15) is 30.0 Å². The quantitative estimate of drug-likeness (QED) is 0.600. The van der Waals surface area contributed by atoms with E-state index in [-0.39, 0.29) is 11.9 Å². The van der Waals surface area contributed by atoms with Gasteiger partial charge < -0.3 is 24.1 Å². The van der Waals surface area contributed by atoms with E-state index in [1.165, 1.54) is 23.3 Å². The Labute approximate surface area is 176 Å². The van der Waals surface area contributed by atoms with Crippen LogP contribution in [0.2, 0.25) is 0 Å². The molecule has 1 fully saturated rings. The molecule has 158 valence electrons. The van der Waals surface area contributed by atoms with Crippen molar-refractivity contribution in [1.82, 2.24) is 5.32 Å². The summed E-state index contributed by atoms with van der Waals surface area (Å²) < 4.78 is 16.1. The van der Waals surface area contributed by atoms with Crippen LogP contribution in [0, 0.1) is 0 Å². The highest BCUT2D eigenvalue weighted by Crippen LogP contribution is 2.26. The first-order valence-corrected chi connectivity index (χ1v) is 10.5. The Morgan fingerprint density at radius 3 is 2.47 bits per heavy atom. The number of rotatable bonds is 8. The third-order valence-corrected chi connectivity index (χ3v) is 5.97. The molecular formula is C24H29N2O4+. The van der Waals surface area contributed by atoms with Crippen molar-refractivity contribution >= 4 is 16.9 Å². The van der Waals surface area contributed by atoms with Gasteiger partial charge in [0.2, 0.25) is 5.91 Å². The fraction of sp³-hybridized carbons (Fsp3) is 0.375. The van der Waals surface area contributed by atoms with Gasteiger partial charge in [-0.05, 0) is 36.4 Å². The van der Waals surface area contributed by atoms with Gasteiger partial charge in [0, 0.05) is 35.4 Å². The van der Waals surface area contributed by atoms with Gasteiger partial charge in [-0.25, -0.2) is 0 Å². The number of quaternary nitrogens is 1. The van der Waals surface area contributed by atoms with Crippen LogP contribution in [0.25, 0.3) is 11.0 Å². The Bertz CT molecular complexity index is 990. The largest absolute Gasteiger partial charge is 0.497 e. The van der Waals surface area contributed by atoms with E-state index in [1.54, 1.807) is 20.5 Å². The number of fused-ring (bicyclic) bond motifs is 1. The highest BCUT2D eigenvalue weighted by Gasteiger charge is 2.28. The highest BCUT2D eigenvalue weighted by atomic mass is 16.5. The molecule has 2 N–H and O–H groups in total. The van der Waals surface area contributed by atoms with Crippen LogP contribution in [-0.4, -0.2) is 39.8 Å². The maximum Gasteiger partial charge on any atom is 0.224 e. The van der Waals surface area contributed by atoms with Crippen molar-refractivity contribution in [2.24, 2.45) is 0 Å². The summed E-state index contributed by atoms with van der Waals surface area (Å²) in [5, 5.41) is 4.10. The molecule has 1 aliphatic heterocycles. The normalized spacial score (nSPS) is 15.3. The Balaban J connectivity index is 1.43. The van der Waals surface area contributed by atoms with E-state index in [9.17, 15) is 4.79 Å². The number of benzene rings is 2. The third kappa shape index (κ3) is 4.44. The zero-order valence-electron chi connectivity index (χ0n) is 17.6. The summed E-state index contributed by atoms with van der Waals surface area (Å²) in [4.78, 5) is 14.3. The molecule has 0 aliphatic carbocycles. The van der Waals surface area contributed by atoms with E-state index in [0.29, 0.717) is 13.0 Å². The Morgan fingerprint density at radius 1 is 1.07 bits per heavy atom. The summed E-state index contributed by atoms with van der Waals surface area (Å²) >= 11 is 0. The topological polar surface area (TPSA) is 65.1 Å². The Morgan fingerprint density at radius 2 is 1.77 bits per heavy atom. The lowest BCUT2D eigenvalue weighted by Crippen LogP contribution is -3.11. The molecule has 0 saturated carbocycles. The van der Waals surface area contributed by atoms with E-state index in [1.807, 2.05) is 30.3 Å². The monoisotopic (exact) mass is 409 g/mol. The highest BCUT2D eigenvalue weighted by molar-refractivity contribution is 5.88. The standard InChI is InChI=1S/C24H28N2O4/c1-28-19-7-5-17(6-8-19)22(26-11-3-4-12-26)15-25-24(27)13-18-16-30-23-14-20(29-2)9-10-21(18)23/h5-10,14,16,22H,3-4,11-13,15H2,1-2H3,(H,25,27)/p+1/t22-/m0/s1. The predicted molar refractivity (Wildman–Crippen MR) is 115 cm³/mol. The minimum atomic E-state index is 0.00521. The average Bonchev–Trinajstić information content (AvgIpc) is 3.44. The number of likely N-dealkylation sites (tertiary alicyclic amines) is 1. The smallest absolute Gasteiger partial charge is 0.224 e. The molecule has 1 amide bonds. The number of carbonyl (C=O) groups excluding carboxylic acids is 1. The van der Waals surface area contributed by atoms with Gasteiger partial charge in [-0.1, -0.05) is 0 Å². The van der Waals surface area contributed by atoms with Gasteiger partial charge >= 0.3 is 0 Å². The molecule has 6 nitrogen and oxygen atoms in total. The summed E-state index contributed by atoms with van der Waals surface area (Å²) in [6.45, 7) is 2.89. The van der Waals surface area contributed by atoms with Gasteiger partial charge in [0.15, 0.2) is 0 Å². The SMILES string of the molecule is COc1ccc([C@H](CNC(=O)Cc2coc3cc(OC)ccc23)[NH+]2CCCC2)cc1. The van der Waals surface area contributed by atoms with Crippen molar-refractivity contribution in [2.75, 3.05) is 33.9 Å². The summed E-state index contributed by atoms with van der Waals surface area (Å²) in [6.07, 6.45) is 4.43. The average molecular weight is 410 g/mol. The first kappa shape index (κ1) is 20.3. The first-order valence-electron chi connectivity index (χ1n) is 10.5. The van der Waals surface area contributed by atoms with Crippen molar-refractivity contribution in [2.45, 2.75) is 25.3 Å². The van der Waals surface area contributed by atoms with Crippen molar-refractivity contribution in [3.63, 3.8) is 0 Å². The van der Waals surface area contributed by atoms with Crippen LogP contribution in [0.15, 0.2) is 53.1 Å². The summed E-state index contributed by atoms with van der Waals surface area (Å²) in [5.41, 5.74) is 2.85. The number of amides is 1. The molecule has 1 atom stereocenters. The van der Waals surface area contributed by atoms with Crippen LogP contribution in [0.4, 0.5) is 0 Å². The molecule has 0 unspecified atom stereocenters. The molecule has 0 spiro atoms. The molecule has 1 aromatic heterocycles. The van der Waals surface area contributed by atoms with Gasteiger partial charge in [-0.3, -0.25) is 4.79 Å². The number of carbonyl (C=O) groups is 1. The van der Waals surface area contributed by atoms with E-state index in [0.717, 1.165) is 41.1 Å². The zero-order valence-corrected chi connectivity index (χ0v) is 17.6. The van der Waals surface area contributed by atoms with Gasteiger partial charge in [0.25, 0.3) is 0 Å². The summed E-state index contributed by atoms with van der Waals surface area (Å²) in [7, 11) is 3.30. The van der Waals surface area contributed by atoms with Crippen LogP contribution < -0.4 is 19.7 Å². The molecule has 3 aromatic rings. The minimum absolute atomic E-state index is 0.00521. The molecule has 1 aliphatic rings. The fourth-order valence-corrected chi connectivity index (χ4v) is 4.29. The molecule has 2 heterocycles. The van der Waals surface area contributed by atoms with Gasteiger partial charge in [-0.15, -0.1) is 0 Å². The predicted octanol–water partition coefficient (Wildman–Crippen LogP) is 2.53. The van der Waals surface area contributed by atoms with Crippen LogP contribution in [-0.2, 0) is 11.2 Å². The lowest BCUT2D eigenvalue weighted by Gasteiger charge is -2.25. The van der Waals surface area contributed by atoms with Crippen LogP contribution >= 0.6 is 0 Å². The van der Waals surface area contributed by atoms with E-state index >= 15 is 0 Å². The maximum absolute atomic E-state index is 12.7. The van der Waals surface area contributed by atoms with E-state index in [2.05, 4.69) is 17.4 Å². The lowest BCUT2D eigenvalue weighted by molar-refractivity contribution is -0.918. The molecule has 0 bridgehead atoms. The second-order valence-electron chi connectivity index (χ2n) is 7.79. The molecule has 30 heavy (non-hydrogen) atoms. The molecule has 4 rings (SSSR count). The maximum atomic E-state index is 12.7. The molecule has 2 aromatic carbocycles. The zero-order chi connectivity index (χ0) is 20.9. The van der Waals surface area contributed by atoms with Crippen LogP contribution in [0.3, 0.4) is 0 Å². The number of hydrogen-bond donors (Lipinski definition) is 2. The lowest BCUT2D eigenvalue weighted by atomic mass is 10.0. The molecule has 1 saturated heterocycles. The molecular weight excluding hydrogens is 380 g/mol. The first-order chi connectivity index (χ1) is 14.7. The third-order valence-electron chi connectivity index (χ3n) is 5.97. The van der Waals surface area contributed by atoms with Crippen molar-refractivity contribution < 1.29 is 23.6 Å². The van der Waals surface area contributed by atoms with E-state index < -0.39 is 0 Å². The minimum Gasteiger partial charge on any atom is -0.497 e. The molecule has 6 heteroatoms. The number of furan rings is 1. The summed E-state index contributed by atoms with van der Waals surface area (Å²) in [5.74, 6) is 1.59. The second kappa shape index (κ2) is 9.22. The summed E-state index contributed by atoms with van der Waals surface area (Å²) in [6, 6.07) is 14.1. The number of ether oxygens (including phenoxy) is 2. The van der Waals surface area contributed by atoms with Gasteiger partial charge in [0.05, 0.1) is 46.5 Å². The van der Waals surface area contributed by atoms with Crippen molar-refractivity contribution in [3.8, 4) is 11.5 Å². The van der Waals surface area contributed by atoms with Crippen molar-refractivity contribution in [3.05, 3.63) is 59.9 Å². The number of hydrogen-bond acceptors (Lipinski definition) is 4. The fourth-order valence-electron chi connectivity index (χ4n) is 4.29. The number of nitrogens with one attached hydrogen (secondary N) is 2. The molecule has 0 radical (unpaired) electrons. The van der Waals surface area contributed by atoms with Crippen molar-refractivity contribution in [1.29, 1.82) is 0 Å². The van der Waals surface area contributed by atoms with Crippen LogP contribution in [0.5, 0.6) is 11.5 Å². The van der Waals surface area contributed by atoms with E-state index in [4.69, 9.17) is 13.9 Å². The Hall–Kier alpha value is -2.99. The Kier molecular flexibility index (Phi) is 6.23. The second-order valence-corrected chi connectivity index (χ2v) is 7.79. The van der Waals surface area contributed by atoms with Gasteiger partial charge in [-0.2, -0.15) is 0 Å².